The van der Waals surface area contributed by atoms with Crippen LogP contribution in [-0.4, -0.2) is 23.9 Å². The SMILES string of the molecule is CN(Cc1cccs1)C(=O)[C@H]1Cc2ccccc2CN1. The van der Waals surface area contributed by atoms with Gasteiger partial charge in [0, 0.05) is 18.5 Å². The lowest BCUT2D eigenvalue weighted by Crippen LogP contribution is -2.47. The molecule has 1 atom stereocenters. The second kappa shape index (κ2) is 5.77. The molecule has 0 aliphatic carbocycles. The Kier molecular flexibility index (Phi) is 3.85. The van der Waals surface area contributed by atoms with Gasteiger partial charge in [-0.05, 0) is 29.0 Å². The van der Waals surface area contributed by atoms with Crippen molar-refractivity contribution in [2.24, 2.45) is 0 Å². The molecule has 0 spiro atoms. The van der Waals surface area contributed by atoms with E-state index in [4.69, 9.17) is 0 Å². The molecule has 2 heterocycles. The highest BCUT2D eigenvalue weighted by atomic mass is 32.1. The average molecular weight is 286 g/mol. The number of carbonyl (C=O) groups excluding carboxylic acids is 1. The molecule has 3 nitrogen and oxygen atoms in total. The predicted molar refractivity (Wildman–Crippen MR) is 81.6 cm³/mol. The quantitative estimate of drug-likeness (QED) is 0.940. The number of fused-ring (bicyclic) bond motifs is 1. The van der Waals surface area contributed by atoms with Gasteiger partial charge in [0.1, 0.15) is 0 Å². The first-order valence-corrected chi connectivity index (χ1v) is 7.69. The summed E-state index contributed by atoms with van der Waals surface area (Å²) in [5.41, 5.74) is 2.59. The number of nitrogens with zero attached hydrogens (tertiary/aromatic N) is 1. The minimum atomic E-state index is -0.102. The van der Waals surface area contributed by atoms with Crippen LogP contribution in [0.3, 0.4) is 0 Å². The number of carbonyl (C=O) groups is 1. The van der Waals surface area contributed by atoms with E-state index < -0.39 is 0 Å². The van der Waals surface area contributed by atoms with E-state index >= 15 is 0 Å². The molecule has 104 valence electrons. The number of rotatable bonds is 3. The molecule has 3 rings (SSSR count). The van der Waals surface area contributed by atoms with Gasteiger partial charge in [-0.2, -0.15) is 0 Å². The molecule has 1 aromatic carbocycles. The first kappa shape index (κ1) is 13.3. The van der Waals surface area contributed by atoms with Crippen molar-refractivity contribution in [2.45, 2.75) is 25.6 Å². The number of hydrogen-bond donors (Lipinski definition) is 1. The van der Waals surface area contributed by atoms with Gasteiger partial charge in [-0.15, -0.1) is 11.3 Å². The Morgan fingerprint density at radius 3 is 2.85 bits per heavy atom. The summed E-state index contributed by atoms with van der Waals surface area (Å²) in [5, 5.41) is 5.39. The molecule has 0 unspecified atom stereocenters. The summed E-state index contributed by atoms with van der Waals surface area (Å²) in [4.78, 5) is 15.5. The zero-order valence-electron chi connectivity index (χ0n) is 11.5. The summed E-state index contributed by atoms with van der Waals surface area (Å²) in [7, 11) is 1.88. The number of benzene rings is 1. The Morgan fingerprint density at radius 1 is 1.30 bits per heavy atom. The largest absolute Gasteiger partial charge is 0.339 e. The fraction of sp³-hybridized carbons (Fsp3) is 0.312. The zero-order valence-corrected chi connectivity index (χ0v) is 12.3. The lowest BCUT2D eigenvalue weighted by molar-refractivity contribution is -0.132. The Bertz CT molecular complexity index is 594. The highest BCUT2D eigenvalue weighted by Gasteiger charge is 2.26. The molecule has 0 fully saturated rings. The first-order valence-electron chi connectivity index (χ1n) is 6.81. The third-order valence-corrected chi connectivity index (χ3v) is 4.59. The van der Waals surface area contributed by atoms with E-state index in [1.54, 1.807) is 11.3 Å². The lowest BCUT2D eigenvalue weighted by Gasteiger charge is -2.28. The van der Waals surface area contributed by atoms with Crippen molar-refractivity contribution in [3.63, 3.8) is 0 Å². The van der Waals surface area contributed by atoms with Gasteiger partial charge in [-0.3, -0.25) is 4.79 Å². The van der Waals surface area contributed by atoms with Crippen molar-refractivity contribution in [2.75, 3.05) is 7.05 Å². The van der Waals surface area contributed by atoms with E-state index in [9.17, 15) is 4.79 Å². The van der Waals surface area contributed by atoms with E-state index in [2.05, 4.69) is 23.5 Å². The van der Waals surface area contributed by atoms with Gasteiger partial charge < -0.3 is 10.2 Å². The van der Waals surface area contributed by atoms with Crippen molar-refractivity contribution >= 4 is 17.2 Å². The first-order chi connectivity index (χ1) is 9.74. The van der Waals surface area contributed by atoms with Crippen LogP contribution in [0.2, 0.25) is 0 Å². The average Bonchev–Trinajstić information content (AvgIpc) is 2.99. The molecule has 1 aliphatic rings. The molecule has 0 saturated heterocycles. The molecule has 1 N–H and O–H groups in total. The maximum Gasteiger partial charge on any atom is 0.240 e. The van der Waals surface area contributed by atoms with Crippen molar-refractivity contribution in [3.05, 3.63) is 57.8 Å². The van der Waals surface area contributed by atoms with Gasteiger partial charge in [-0.1, -0.05) is 30.3 Å². The third kappa shape index (κ3) is 2.76. The van der Waals surface area contributed by atoms with Crippen LogP contribution in [0.25, 0.3) is 0 Å². The van der Waals surface area contributed by atoms with Crippen molar-refractivity contribution in [1.82, 2.24) is 10.2 Å². The molecule has 20 heavy (non-hydrogen) atoms. The van der Waals surface area contributed by atoms with E-state index in [0.29, 0.717) is 6.54 Å². The van der Waals surface area contributed by atoms with Gasteiger partial charge in [0.15, 0.2) is 0 Å². The molecule has 0 radical (unpaired) electrons. The molecule has 0 saturated carbocycles. The number of likely N-dealkylation sites (N-methyl/N-ethyl adjacent to an activating group) is 1. The Hall–Kier alpha value is -1.65. The van der Waals surface area contributed by atoms with Gasteiger partial charge in [0.05, 0.1) is 12.6 Å². The van der Waals surface area contributed by atoms with Crippen LogP contribution in [0, 0.1) is 0 Å². The molecular formula is C16H18N2OS. The summed E-state index contributed by atoms with van der Waals surface area (Å²) < 4.78 is 0. The highest BCUT2D eigenvalue weighted by Crippen LogP contribution is 2.18. The van der Waals surface area contributed by atoms with Crippen LogP contribution >= 0.6 is 11.3 Å². The van der Waals surface area contributed by atoms with Crippen LogP contribution in [0.15, 0.2) is 41.8 Å². The Labute approximate surface area is 123 Å². The summed E-state index contributed by atoms with van der Waals surface area (Å²) in [5.74, 6) is 0.174. The predicted octanol–water partition coefficient (Wildman–Crippen LogP) is 2.42. The maximum absolute atomic E-state index is 12.5. The molecule has 2 aromatic rings. The molecule has 1 aromatic heterocycles. The monoisotopic (exact) mass is 286 g/mol. The fourth-order valence-corrected chi connectivity index (χ4v) is 3.37. The van der Waals surface area contributed by atoms with E-state index in [1.807, 2.05) is 35.5 Å². The standard InChI is InChI=1S/C16H18N2OS/c1-18(11-14-7-4-8-20-14)16(19)15-9-12-5-2-3-6-13(12)10-17-15/h2-8,15,17H,9-11H2,1H3/t15-/m1/s1. The normalized spacial score (nSPS) is 17.6. The molecule has 1 aliphatic heterocycles. The molecular weight excluding hydrogens is 268 g/mol. The van der Waals surface area contributed by atoms with Crippen LogP contribution in [0.4, 0.5) is 0 Å². The van der Waals surface area contributed by atoms with Crippen molar-refractivity contribution < 1.29 is 4.79 Å². The summed E-state index contributed by atoms with van der Waals surface area (Å²) in [6.45, 7) is 1.47. The van der Waals surface area contributed by atoms with Crippen molar-refractivity contribution in [1.29, 1.82) is 0 Å². The third-order valence-electron chi connectivity index (χ3n) is 3.73. The fourth-order valence-electron chi connectivity index (χ4n) is 2.61. The summed E-state index contributed by atoms with van der Waals surface area (Å²) >= 11 is 1.69. The minimum Gasteiger partial charge on any atom is -0.339 e. The molecule has 1 amide bonds. The number of hydrogen-bond acceptors (Lipinski definition) is 3. The van der Waals surface area contributed by atoms with Crippen LogP contribution in [-0.2, 0) is 24.3 Å². The second-order valence-electron chi connectivity index (χ2n) is 5.18. The molecule has 4 heteroatoms. The van der Waals surface area contributed by atoms with Crippen molar-refractivity contribution in [3.8, 4) is 0 Å². The molecule has 0 bridgehead atoms. The van der Waals surface area contributed by atoms with Crippen LogP contribution in [0.1, 0.15) is 16.0 Å². The van der Waals surface area contributed by atoms with Crippen LogP contribution in [0.5, 0.6) is 0 Å². The Balaban J connectivity index is 1.66. The minimum absolute atomic E-state index is 0.102. The van der Waals surface area contributed by atoms with E-state index in [1.165, 1.54) is 16.0 Å². The Morgan fingerprint density at radius 2 is 2.10 bits per heavy atom. The van der Waals surface area contributed by atoms with E-state index in [-0.39, 0.29) is 11.9 Å². The summed E-state index contributed by atoms with van der Waals surface area (Å²) in [6.07, 6.45) is 0.782. The second-order valence-corrected chi connectivity index (χ2v) is 6.21. The topological polar surface area (TPSA) is 32.3 Å². The summed E-state index contributed by atoms with van der Waals surface area (Å²) in [6, 6.07) is 12.3. The van der Waals surface area contributed by atoms with Gasteiger partial charge in [0.25, 0.3) is 0 Å². The lowest BCUT2D eigenvalue weighted by atomic mass is 9.95. The number of amides is 1. The van der Waals surface area contributed by atoms with Gasteiger partial charge >= 0.3 is 0 Å². The van der Waals surface area contributed by atoms with E-state index in [0.717, 1.165) is 13.0 Å². The number of thiophene rings is 1. The van der Waals surface area contributed by atoms with Gasteiger partial charge in [-0.25, -0.2) is 0 Å². The van der Waals surface area contributed by atoms with Crippen LogP contribution < -0.4 is 5.32 Å². The number of nitrogens with one attached hydrogen (secondary N) is 1. The highest BCUT2D eigenvalue weighted by molar-refractivity contribution is 7.09. The van der Waals surface area contributed by atoms with Gasteiger partial charge in [0.2, 0.25) is 5.91 Å². The smallest absolute Gasteiger partial charge is 0.240 e. The zero-order chi connectivity index (χ0) is 13.9. The maximum atomic E-state index is 12.5.